The molecular formula is C24H24F3N3O3. The molecule has 0 atom stereocenters. The number of pyridine rings is 1. The second-order valence-electron chi connectivity index (χ2n) is 7.98. The van der Waals surface area contributed by atoms with Crippen LogP contribution >= 0.6 is 0 Å². The molecule has 174 valence electrons. The third kappa shape index (κ3) is 4.08. The number of methoxy groups -OCH3 is 2. The van der Waals surface area contributed by atoms with Crippen molar-refractivity contribution in [2.45, 2.75) is 25.5 Å². The van der Waals surface area contributed by atoms with Crippen LogP contribution in [-0.4, -0.2) is 43.1 Å². The Bertz CT molecular complexity index is 1200. The van der Waals surface area contributed by atoms with Gasteiger partial charge in [0.05, 0.1) is 31.3 Å². The summed E-state index contributed by atoms with van der Waals surface area (Å²) in [5, 5.41) is 3.87. The third-order valence-corrected chi connectivity index (χ3v) is 6.10. The van der Waals surface area contributed by atoms with Crippen LogP contribution in [0.25, 0.3) is 10.9 Å². The maximum atomic E-state index is 14.5. The number of nitrogens with zero attached hydrogens (tertiary/aromatic N) is 2. The Morgan fingerprint density at radius 3 is 2.64 bits per heavy atom. The first-order valence-electron chi connectivity index (χ1n) is 10.4. The predicted octanol–water partition coefficient (Wildman–Crippen LogP) is 4.64. The number of likely N-dealkylation sites (tertiary alicyclic amines) is 1. The van der Waals surface area contributed by atoms with E-state index in [0.29, 0.717) is 30.0 Å². The molecule has 0 bridgehead atoms. The average molecular weight is 459 g/mol. The van der Waals surface area contributed by atoms with E-state index >= 15 is 0 Å². The summed E-state index contributed by atoms with van der Waals surface area (Å²) in [5.74, 6) is -0.384. The molecule has 1 aliphatic rings. The number of rotatable bonds is 7. The number of halogens is 3. The molecule has 1 saturated heterocycles. The summed E-state index contributed by atoms with van der Waals surface area (Å²) in [5.41, 5.74) is 0.838. The number of alkyl halides is 2. The standard InChI is InChI=1S/C24H24F3N3O3/c1-14(31)30-12-24(13-30,33-3)18-9-17-19(7-8-28-20(17)10-21(18)32-2)29-11-15-5-4-6-16(22(15)25)23(26)27/h4-10,23H,11-13H2,1-3H3,(H,28,29). The van der Waals surface area contributed by atoms with Gasteiger partial charge in [-0.25, -0.2) is 13.2 Å². The molecule has 33 heavy (non-hydrogen) atoms. The smallest absolute Gasteiger partial charge is 0.266 e. The van der Waals surface area contributed by atoms with E-state index in [1.54, 1.807) is 37.4 Å². The summed E-state index contributed by atoms with van der Waals surface area (Å²) in [7, 11) is 3.14. The van der Waals surface area contributed by atoms with E-state index in [0.717, 1.165) is 17.0 Å². The van der Waals surface area contributed by atoms with Gasteiger partial charge in [0.15, 0.2) is 0 Å². The summed E-state index contributed by atoms with van der Waals surface area (Å²) >= 11 is 0. The lowest BCUT2D eigenvalue weighted by Gasteiger charge is -2.49. The van der Waals surface area contributed by atoms with Crippen LogP contribution in [0.15, 0.2) is 42.6 Å². The predicted molar refractivity (Wildman–Crippen MR) is 118 cm³/mol. The molecule has 1 amide bonds. The number of carbonyl (C=O) groups is 1. The first-order valence-corrected chi connectivity index (χ1v) is 10.4. The third-order valence-electron chi connectivity index (χ3n) is 6.10. The number of aromatic nitrogens is 1. The summed E-state index contributed by atoms with van der Waals surface area (Å²) < 4.78 is 51.9. The Morgan fingerprint density at radius 1 is 1.24 bits per heavy atom. The summed E-state index contributed by atoms with van der Waals surface area (Å²) in [6, 6.07) is 9.36. The van der Waals surface area contributed by atoms with E-state index in [1.165, 1.54) is 19.1 Å². The van der Waals surface area contributed by atoms with Crippen molar-refractivity contribution in [2.24, 2.45) is 0 Å². The van der Waals surface area contributed by atoms with E-state index in [-0.39, 0.29) is 18.0 Å². The van der Waals surface area contributed by atoms with Gasteiger partial charge in [0.25, 0.3) is 6.43 Å². The number of hydrogen-bond acceptors (Lipinski definition) is 5. The average Bonchev–Trinajstić information content (AvgIpc) is 2.77. The van der Waals surface area contributed by atoms with Crippen LogP contribution in [0.3, 0.4) is 0 Å². The molecule has 1 N–H and O–H groups in total. The van der Waals surface area contributed by atoms with Crippen LogP contribution in [0.2, 0.25) is 0 Å². The van der Waals surface area contributed by atoms with Crippen molar-refractivity contribution in [3.63, 3.8) is 0 Å². The fourth-order valence-electron chi connectivity index (χ4n) is 4.15. The first-order chi connectivity index (χ1) is 15.8. The highest BCUT2D eigenvalue weighted by Crippen LogP contribution is 2.42. The highest BCUT2D eigenvalue weighted by molar-refractivity contribution is 5.93. The van der Waals surface area contributed by atoms with Crippen molar-refractivity contribution in [3.8, 4) is 5.75 Å². The maximum Gasteiger partial charge on any atom is 0.266 e. The van der Waals surface area contributed by atoms with Crippen molar-refractivity contribution in [3.05, 3.63) is 65.1 Å². The largest absolute Gasteiger partial charge is 0.496 e. The molecule has 0 saturated carbocycles. The molecule has 0 aliphatic carbocycles. The Hall–Kier alpha value is -3.33. The normalized spacial score (nSPS) is 14.9. The lowest BCUT2D eigenvalue weighted by atomic mass is 9.84. The molecule has 0 unspecified atom stereocenters. The van der Waals surface area contributed by atoms with Gasteiger partial charge in [0, 0.05) is 55.0 Å². The fourth-order valence-corrected chi connectivity index (χ4v) is 4.15. The van der Waals surface area contributed by atoms with Gasteiger partial charge in [0.1, 0.15) is 17.2 Å². The SMILES string of the molecule is COc1cc2nccc(NCc3cccc(C(F)F)c3F)c2cc1C1(OC)CN(C(C)=O)C1. The van der Waals surface area contributed by atoms with Gasteiger partial charge in [-0.3, -0.25) is 9.78 Å². The zero-order valence-electron chi connectivity index (χ0n) is 18.5. The minimum atomic E-state index is -2.89. The number of ether oxygens (including phenoxy) is 2. The molecule has 1 aliphatic heterocycles. The Morgan fingerprint density at radius 2 is 2.00 bits per heavy atom. The Kier molecular flexibility index (Phi) is 6.16. The molecular weight excluding hydrogens is 435 g/mol. The molecule has 3 aromatic rings. The van der Waals surface area contributed by atoms with E-state index in [9.17, 15) is 18.0 Å². The lowest BCUT2D eigenvalue weighted by molar-refractivity contribution is -0.162. The summed E-state index contributed by atoms with van der Waals surface area (Å²) in [6.45, 7) is 2.29. The molecule has 0 spiro atoms. The van der Waals surface area contributed by atoms with Gasteiger partial charge in [0.2, 0.25) is 5.91 Å². The van der Waals surface area contributed by atoms with Crippen molar-refractivity contribution in [1.29, 1.82) is 0 Å². The summed E-state index contributed by atoms with van der Waals surface area (Å²) in [6.07, 6.45) is -1.29. The molecule has 4 rings (SSSR count). The molecule has 1 aromatic heterocycles. The fraction of sp³-hybridized carbons (Fsp3) is 0.333. The molecule has 1 fully saturated rings. The molecule has 6 nitrogen and oxygen atoms in total. The molecule has 2 heterocycles. The number of hydrogen-bond donors (Lipinski definition) is 1. The van der Waals surface area contributed by atoms with Crippen LogP contribution in [0.5, 0.6) is 5.75 Å². The number of amides is 1. The monoisotopic (exact) mass is 459 g/mol. The van der Waals surface area contributed by atoms with E-state index in [1.807, 2.05) is 6.07 Å². The van der Waals surface area contributed by atoms with Crippen LogP contribution in [-0.2, 0) is 21.7 Å². The van der Waals surface area contributed by atoms with Gasteiger partial charge in [-0.15, -0.1) is 0 Å². The quantitative estimate of drug-likeness (QED) is 0.558. The van der Waals surface area contributed by atoms with Crippen molar-refractivity contribution >= 4 is 22.5 Å². The number of anilines is 1. The van der Waals surface area contributed by atoms with Crippen molar-refractivity contribution in [2.75, 3.05) is 32.6 Å². The Balaban J connectivity index is 1.70. The Labute approximate surface area is 189 Å². The zero-order chi connectivity index (χ0) is 23.8. The van der Waals surface area contributed by atoms with Gasteiger partial charge in [-0.1, -0.05) is 18.2 Å². The van der Waals surface area contributed by atoms with Crippen LogP contribution < -0.4 is 10.1 Å². The van der Waals surface area contributed by atoms with Crippen LogP contribution in [0, 0.1) is 5.82 Å². The second-order valence-corrected chi connectivity index (χ2v) is 7.98. The van der Waals surface area contributed by atoms with Gasteiger partial charge in [-0.2, -0.15) is 0 Å². The topological polar surface area (TPSA) is 63.7 Å². The number of benzene rings is 2. The van der Waals surface area contributed by atoms with Crippen molar-refractivity contribution < 1.29 is 27.4 Å². The van der Waals surface area contributed by atoms with E-state index in [2.05, 4.69) is 10.3 Å². The zero-order valence-corrected chi connectivity index (χ0v) is 18.5. The minimum Gasteiger partial charge on any atom is -0.496 e. The van der Waals surface area contributed by atoms with E-state index in [4.69, 9.17) is 9.47 Å². The highest BCUT2D eigenvalue weighted by Gasteiger charge is 2.48. The lowest BCUT2D eigenvalue weighted by Crippen LogP contribution is -2.61. The number of carbonyl (C=O) groups excluding carboxylic acids is 1. The second kappa shape index (κ2) is 8.90. The highest BCUT2D eigenvalue weighted by atomic mass is 19.3. The van der Waals surface area contributed by atoms with Gasteiger partial charge < -0.3 is 19.7 Å². The minimum absolute atomic E-state index is 0.0143. The van der Waals surface area contributed by atoms with Gasteiger partial charge >= 0.3 is 0 Å². The molecule has 0 radical (unpaired) electrons. The van der Waals surface area contributed by atoms with Crippen LogP contribution in [0.1, 0.15) is 30.0 Å². The molecule has 2 aromatic carbocycles. The number of fused-ring (bicyclic) bond motifs is 1. The van der Waals surface area contributed by atoms with Gasteiger partial charge in [-0.05, 0) is 12.1 Å². The molecule has 9 heteroatoms. The maximum absolute atomic E-state index is 14.5. The number of nitrogens with one attached hydrogen (secondary N) is 1. The summed E-state index contributed by atoms with van der Waals surface area (Å²) in [4.78, 5) is 17.8. The van der Waals surface area contributed by atoms with Crippen molar-refractivity contribution in [1.82, 2.24) is 9.88 Å². The van der Waals surface area contributed by atoms with E-state index < -0.39 is 23.4 Å². The van der Waals surface area contributed by atoms with Crippen LogP contribution in [0.4, 0.5) is 18.9 Å². The first kappa shape index (κ1) is 22.8.